The normalized spacial score (nSPS) is 10.8. The maximum absolute atomic E-state index is 12.8. The Morgan fingerprint density at radius 3 is 2.76 bits per heavy atom. The monoisotopic (exact) mass is 320 g/mol. The van der Waals surface area contributed by atoms with Crippen molar-refractivity contribution < 1.29 is 9.18 Å². The number of halogens is 2. The van der Waals surface area contributed by atoms with Gasteiger partial charge in [-0.25, -0.2) is 9.37 Å². The first-order valence-electron chi connectivity index (χ1n) is 6.20. The number of aromatic nitrogens is 1. The fourth-order valence-corrected chi connectivity index (χ4v) is 2.89. The van der Waals surface area contributed by atoms with Crippen molar-refractivity contribution >= 4 is 39.1 Å². The van der Waals surface area contributed by atoms with E-state index in [2.05, 4.69) is 10.3 Å². The molecule has 0 aliphatic rings. The lowest BCUT2D eigenvalue weighted by Gasteiger charge is -2.02. The van der Waals surface area contributed by atoms with Crippen molar-refractivity contribution in [2.75, 3.05) is 0 Å². The van der Waals surface area contributed by atoms with Gasteiger partial charge in [-0.15, -0.1) is 11.3 Å². The molecule has 0 aliphatic carbocycles. The van der Waals surface area contributed by atoms with E-state index in [0.717, 1.165) is 10.3 Å². The van der Waals surface area contributed by atoms with Crippen LogP contribution in [-0.2, 0) is 6.54 Å². The number of carbonyl (C=O) groups excluding carboxylic acids is 1. The minimum atomic E-state index is -0.298. The summed E-state index contributed by atoms with van der Waals surface area (Å²) in [6.07, 6.45) is 0. The summed E-state index contributed by atoms with van der Waals surface area (Å²) in [6, 6.07) is 11.3. The van der Waals surface area contributed by atoms with Gasteiger partial charge in [-0.2, -0.15) is 0 Å². The molecule has 0 fully saturated rings. The van der Waals surface area contributed by atoms with E-state index in [1.807, 2.05) is 6.07 Å². The molecule has 6 heteroatoms. The summed E-state index contributed by atoms with van der Waals surface area (Å²) in [7, 11) is 0. The molecule has 0 saturated carbocycles. The molecule has 1 aromatic heterocycles. The van der Waals surface area contributed by atoms with Crippen molar-refractivity contribution in [1.82, 2.24) is 10.3 Å². The highest BCUT2D eigenvalue weighted by Gasteiger charge is 2.12. The van der Waals surface area contributed by atoms with Crippen LogP contribution >= 0.6 is 22.9 Å². The Balaban J connectivity index is 1.73. The number of benzene rings is 2. The molecule has 0 spiro atoms. The number of nitrogens with one attached hydrogen (secondary N) is 1. The third kappa shape index (κ3) is 3.20. The Morgan fingerprint density at radius 1 is 1.24 bits per heavy atom. The quantitative estimate of drug-likeness (QED) is 0.792. The summed E-state index contributed by atoms with van der Waals surface area (Å²) in [5, 5.41) is 3.74. The first-order chi connectivity index (χ1) is 10.1. The Bertz CT molecular complexity index is 801. The predicted octanol–water partition coefficient (Wildman–Crippen LogP) is 4.02. The number of carbonyl (C=O) groups is 1. The van der Waals surface area contributed by atoms with Gasteiger partial charge in [0.05, 0.1) is 10.2 Å². The molecule has 3 nitrogen and oxygen atoms in total. The zero-order chi connectivity index (χ0) is 14.8. The van der Waals surface area contributed by atoms with Gasteiger partial charge >= 0.3 is 0 Å². The van der Waals surface area contributed by atoms with Crippen LogP contribution in [0.5, 0.6) is 0 Å². The van der Waals surface area contributed by atoms with E-state index in [1.54, 1.807) is 24.3 Å². The molecule has 1 heterocycles. The van der Waals surface area contributed by atoms with Crippen LogP contribution in [0.25, 0.3) is 10.2 Å². The molecule has 0 unspecified atom stereocenters. The average Bonchev–Trinajstić information content (AvgIpc) is 2.89. The summed E-state index contributed by atoms with van der Waals surface area (Å²) in [6.45, 7) is 0.329. The van der Waals surface area contributed by atoms with Crippen molar-refractivity contribution in [3.63, 3.8) is 0 Å². The fraction of sp³-hybridized carbons (Fsp3) is 0.0667. The van der Waals surface area contributed by atoms with Crippen LogP contribution in [0.3, 0.4) is 0 Å². The summed E-state index contributed by atoms with van der Waals surface area (Å²) >= 11 is 7.20. The molecule has 106 valence electrons. The largest absolute Gasteiger partial charge is 0.346 e. The van der Waals surface area contributed by atoms with E-state index in [1.165, 1.54) is 23.5 Å². The van der Waals surface area contributed by atoms with Gasteiger partial charge in [0.15, 0.2) is 5.01 Å². The van der Waals surface area contributed by atoms with Crippen molar-refractivity contribution in [2.45, 2.75) is 6.54 Å². The number of hydrogen-bond donors (Lipinski definition) is 1. The van der Waals surface area contributed by atoms with E-state index in [-0.39, 0.29) is 11.7 Å². The number of amides is 1. The molecule has 1 N–H and O–H groups in total. The molecule has 3 rings (SSSR count). The van der Waals surface area contributed by atoms with Crippen LogP contribution in [-0.4, -0.2) is 10.9 Å². The Labute approximate surface area is 129 Å². The first kappa shape index (κ1) is 14.0. The molecule has 0 aliphatic heterocycles. The van der Waals surface area contributed by atoms with Gasteiger partial charge in [0.25, 0.3) is 5.91 Å². The Kier molecular flexibility index (Phi) is 3.86. The SMILES string of the molecule is O=C(NCc1ccc(F)cc1)c1nc2cc(Cl)ccc2s1. The lowest BCUT2D eigenvalue weighted by Crippen LogP contribution is -2.22. The standard InChI is InChI=1S/C15H10ClFN2OS/c16-10-3-6-13-12(7-10)19-15(21-13)14(20)18-8-9-1-4-11(17)5-2-9/h1-7H,8H2,(H,18,20). The van der Waals surface area contributed by atoms with Gasteiger partial charge < -0.3 is 5.32 Å². The predicted molar refractivity (Wildman–Crippen MR) is 82.2 cm³/mol. The molecule has 0 bridgehead atoms. The smallest absolute Gasteiger partial charge is 0.280 e. The van der Waals surface area contributed by atoms with E-state index in [0.29, 0.717) is 22.1 Å². The zero-order valence-corrected chi connectivity index (χ0v) is 12.3. The zero-order valence-electron chi connectivity index (χ0n) is 10.8. The third-order valence-corrected chi connectivity index (χ3v) is 4.18. The lowest BCUT2D eigenvalue weighted by molar-refractivity contribution is 0.0951. The molecule has 0 radical (unpaired) electrons. The highest BCUT2D eigenvalue weighted by atomic mass is 35.5. The summed E-state index contributed by atoms with van der Waals surface area (Å²) in [5.74, 6) is -0.551. The van der Waals surface area contributed by atoms with Gasteiger partial charge in [-0.05, 0) is 35.9 Å². The fourth-order valence-electron chi connectivity index (χ4n) is 1.86. The molecular weight excluding hydrogens is 311 g/mol. The second-order valence-electron chi connectivity index (χ2n) is 4.44. The Morgan fingerprint density at radius 2 is 2.00 bits per heavy atom. The summed E-state index contributed by atoms with van der Waals surface area (Å²) < 4.78 is 13.7. The van der Waals surface area contributed by atoms with Gasteiger partial charge in [0, 0.05) is 11.6 Å². The number of thiazole rings is 1. The van der Waals surface area contributed by atoms with E-state index in [4.69, 9.17) is 11.6 Å². The molecule has 1 amide bonds. The number of rotatable bonds is 3. The van der Waals surface area contributed by atoms with Crippen molar-refractivity contribution in [1.29, 1.82) is 0 Å². The van der Waals surface area contributed by atoms with Crippen LogP contribution in [0.4, 0.5) is 4.39 Å². The first-order valence-corrected chi connectivity index (χ1v) is 7.40. The lowest BCUT2D eigenvalue weighted by atomic mass is 10.2. The topological polar surface area (TPSA) is 42.0 Å². The average molecular weight is 321 g/mol. The van der Waals surface area contributed by atoms with Gasteiger partial charge in [0.2, 0.25) is 0 Å². The Hall–Kier alpha value is -1.98. The van der Waals surface area contributed by atoms with Crippen LogP contribution in [0.1, 0.15) is 15.4 Å². The molecule has 0 atom stereocenters. The highest BCUT2D eigenvalue weighted by molar-refractivity contribution is 7.20. The van der Waals surface area contributed by atoms with Crippen LogP contribution < -0.4 is 5.32 Å². The maximum Gasteiger partial charge on any atom is 0.280 e. The van der Waals surface area contributed by atoms with Crippen molar-refractivity contribution in [3.8, 4) is 0 Å². The number of nitrogens with zero attached hydrogens (tertiary/aromatic N) is 1. The van der Waals surface area contributed by atoms with E-state index in [9.17, 15) is 9.18 Å². The highest BCUT2D eigenvalue weighted by Crippen LogP contribution is 2.24. The summed E-state index contributed by atoms with van der Waals surface area (Å²) in [5.41, 5.74) is 1.54. The molecule has 0 saturated heterocycles. The molecule has 21 heavy (non-hydrogen) atoms. The molecule has 2 aromatic carbocycles. The van der Waals surface area contributed by atoms with Gasteiger partial charge in [-0.1, -0.05) is 23.7 Å². The minimum absolute atomic E-state index is 0.253. The van der Waals surface area contributed by atoms with E-state index >= 15 is 0 Å². The van der Waals surface area contributed by atoms with Crippen LogP contribution in [0.15, 0.2) is 42.5 Å². The van der Waals surface area contributed by atoms with Crippen LogP contribution in [0, 0.1) is 5.82 Å². The van der Waals surface area contributed by atoms with Crippen molar-refractivity contribution in [3.05, 3.63) is 63.9 Å². The second-order valence-corrected chi connectivity index (χ2v) is 5.91. The molecular formula is C15H10ClFN2OS. The summed E-state index contributed by atoms with van der Waals surface area (Å²) in [4.78, 5) is 16.3. The second kappa shape index (κ2) is 5.79. The van der Waals surface area contributed by atoms with Crippen LogP contribution in [0.2, 0.25) is 5.02 Å². The maximum atomic E-state index is 12.8. The number of hydrogen-bond acceptors (Lipinski definition) is 3. The number of fused-ring (bicyclic) bond motifs is 1. The van der Waals surface area contributed by atoms with E-state index < -0.39 is 0 Å². The third-order valence-electron chi connectivity index (χ3n) is 2.91. The van der Waals surface area contributed by atoms with Crippen molar-refractivity contribution in [2.24, 2.45) is 0 Å². The van der Waals surface area contributed by atoms with Gasteiger partial charge in [0.1, 0.15) is 5.82 Å². The van der Waals surface area contributed by atoms with Gasteiger partial charge in [-0.3, -0.25) is 4.79 Å². The molecule has 3 aromatic rings. The minimum Gasteiger partial charge on any atom is -0.346 e.